The Morgan fingerprint density at radius 1 is 1.05 bits per heavy atom. The lowest BCUT2D eigenvalue weighted by Crippen LogP contribution is -2.09. The number of ether oxygens (including phenoxy) is 1. The first-order valence-electron chi connectivity index (χ1n) is 6.50. The SMILES string of the molecule is O=C(CCc1nc2ccccc2[nH]1)Oc1ccccc1. The molecule has 0 fully saturated rings. The highest BCUT2D eigenvalue weighted by Gasteiger charge is 2.08. The van der Waals surface area contributed by atoms with Crippen molar-refractivity contribution in [2.45, 2.75) is 12.8 Å². The molecule has 0 radical (unpaired) electrons. The number of nitrogens with zero attached hydrogens (tertiary/aromatic N) is 1. The van der Waals surface area contributed by atoms with Crippen LogP contribution in [0, 0.1) is 0 Å². The van der Waals surface area contributed by atoms with Gasteiger partial charge in [-0.15, -0.1) is 0 Å². The summed E-state index contributed by atoms with van der Waals surface area (Å²) in [4.78, 5) is 19.4. The number of aromatic nitrogens is 2. The van der Waals surface area contributed by atoms with Crippen LogP contribution in [0.25, 0.3) is 11.0 Å². The Bertz CT molecular complexity index is 686. The third-order valence-corrected chi connectivity index (χ3v) is 2.98. The van der Waals surface area contributed by atoms with Gasteiger partial charge in [-0.25, -0.2) is 4.98 Å². The van der Waals surface area contributed by atoms with Gasteiger partial charge in [0.1, 0.15) is 11.6 Å². The minimum atomic E-state index is -0.253. The fourth-order valence-corrected chi connectivity index (χ4v) is 2.02. The number of aryl methyl sites for hydroxylation is 1. The smallest absolute Gasteiger partial charge is 0.311 e. The first kappa shape index (κ1) is 12.4. The normalized spacial score (nSPS) is 10.6. The molecule has 0 saturated carbocycles. The van der Waals surface area contributed by atoms with Crippen molar-refractivity contribution >= 4 is 17.0 Å². The molecule has 0 aliphatic carbocycles. The van der Waals surface area contributed by atoms with Crippen LogP contribution in [0.5, 0.6) is 5.75 Å². The average molecular weight is 266 g/mol. The van der Waals surface area contributed by atoms with Crippen LogP contribution in [-0.4, -0.2) is 15.9 Å². The number of benzene rings is 2. The average Bonchev–Trinajstić information content (AvgIpc) is 2.89. The highest BCUT2D eigenvalue weighted by Crippen LogP contribution is 2.13. The van der Waals surface area contributed by atoms with E-state index < -0.39 is 0 Å². The maximum absolute atomic E-state index is 11.7. The van der Waals surface area contributed by atoms with E-state index in [2.05, 4.69) is 9.97 Å². The number of aromatic amines is 1. The van der Waals surface area contributed by atoms with Gasteiger partial charge in [-0.3, -0.25) is 4.79 Å². The summed E-state index contributed by atoms with van der Waals surface area (Å²) in [6.45, 7) is 0. The number of para-hydroxylation sites is 3. The number of carbonyl (C=O) groups is 1. The summed E-state index contributed by atoms with van der Waals surface area (Å²) in [5.41, 5.74) is 1.90. The van der Waals surface area contributed by atoms with E-state index in [-0.39, 0.29) is 5.97 Å². The number of fused-ring (bicyclic) bond motifs is 1. The standard InChI is InChI=1S/C16H14N2O2/c19-16(20-12-6-2-1-3-7-12)11-10-15-17-13-8-4-5-9-14(13)18-15/h1-9H,10-11H2,(H,17,18). The van der Waals surface area contributed by atoms with E-state index in [1.165, 1.54) is 0 Å². The van der Waals surface area contributed by atoms with E-state index in [9.17, 15) is 4.79 Å². The minimum Gasteiger partial charge on any atom is -0.427 e. The van der Waals surface area contributed by atoms with Crippen molar-refractivity contribution in [1.29, 1.82) is 0 Å². The zero-order chi connectivity index (χ0) is 13.8. The number of hydrogen-bond donors (Lipinski definition) is 1. The summed E-state index contributed by atoms with van der Waals surface area (Å²) < 4.78 is 5.23. The number of rotatable bonds is 4. The van der Waals surface area contributed by atoms with Crippen LogP contribution in [0.2, 0.25) is 0 Å². The van der Waals surface area contributed by atoms with Gasteiger partial charge in [0.15, 0.2) is 0 Å². The predicted molar refractivity (Wildman–Crippen MR) is 76.5 cm³/mol. The third-order valence-electron chi connectivity index (χ3n) is 2.98. The molecule has 3 aromatic rings. The second kappa shape index (κ2) is 5.57. The van der Waals surface area contributed by atoms with Gasteiger partial charge in [0, 0.05) is 6.42 Å². The molecule has 1 heterocycles. The van der Waals surface area contributed by atoms with Gasteiger partial charge >= 0.3 is 5.97 Å². The monoisotopic (exact) mass is 266 g/mol. The molecule has 0 unspecified atom stereocenters. The van der Waals surface area contributed by atoms with Gasteiger partial charge < -0.3 is 9.72 Å². The largest absolute Gasteiger partial charge is 0.427 e. The summed E-state index contributed by atoms with van der Waals surface area (Å²) in [5.74, 6) is 1.12. The molecule has 1 N–H and O–H groups in total. The Morgan fingerprint density at radius 3 is 2.60 bits per heavy atom. The second-order valence-electron chi connectivity index (χ2n) is 4.49. The summed E-state index contributed by atoms with van der Waals surface area (Å²) >= 11 is 0. The van der Waals surface area contributed by atoms with E-state index in [0.29, 0.717) is 18.6 Å². The highest BCUT2D eigenvalue weighted by molar-refractivity contribution is 5.75. The molecule has 0 aliphatic rings. The van der Waals surface area contributed by atoms with Crippen LogP contribution >= 0.6 is 0 Å². The topological polar surface area (TPSA) is 55.0 Å². The molecule has 2 aromatic carbocycles. The van der Waals surface area contributed by atoms with Gasteiger partial charge in [0.25, 0.3) is 0 Å². The quantitative estimate of drug-likeness (QED) is 0.583. The van der Waals surface area contributed by atoms with Crippen molar-refractivity contribution in [1.82, 2.24) is 9.97 Å². The van der Waals surface area contributed by atoms with Gasteiger partial charge in [0.05, 0.1) is 17.5 Å². The maximum atomic E-state index is 11.7. The fraction of sp³-hybridized carbons (Fsp3) is 0.125. The fourth-order valence-electron chi connectivity index (χ4n) is 2.02. The molecule has 0 bridgehead atoms. The molecule has 0 spiro atoms. The van der Waals surface area contributed by atoms with Crippen molar-refractivity contribution < 1.29 is 9.53 Å². The lowest BCUT2D eigenvalue weighted by molar-refractivity contribution is -0.134. The van der Waals surface area contributed by atoms with Crippen molar-refractivity contribution in [3.05, 3.63) is 60.4 Å². The summed E-state index contributed by atoms with van der Waals surface area (Å²) in [7, 11) is 0. The molecule has 100 valence electrons. The van der Waals surface area contributed by atoms with E-state index in [1.54, 1.807) is 12.1 Å². The third kappa shape index (κ3) is 2.85. The van der Waals surface area contributed by atoms with Crippen LogP contribution in [0.1, 0.15) is 12.2 Å². The summed E-state index contributed by atoms with van der Waals surface area (Å²) in [6.07, 6.45) is 0.842. The number of H-pyrrole nitrogens is 1. The Kier molecular flexibility index (Phi) is 3.46. The molecule has 0 amide bonds. The molecule has 4 heteroatoms. The van der Waals surface area contributed by atoms with E-state index in [1.807, 2.05) is 42.5 Å². The van der Waals surface area contributed by atoms with Crippen LogP contribution in [0.4, 0.5) is 0 Å². The Morgan fingerprint density at radius 2 is 1.80 bits per heavy atom. The van der Waals surface area contributed by atoms with Gasteiger partial charge in [-0.1, -0.05) is 30.3 Å². The molecule has 1 aromatic heterocycles. The predicted octanol–water partition coefficient (Wildman–Crippen LogP) is 3.10. The zero-order valence-electron chi connectivity index (χ0n) is 10.9. The van der Waals surface area contributed by atoms with Crippen LogP contribution in [0.3, 0.4) is 0 Å². The summed E-state index contributed by atoms with van der Waals surface area (Å²) in [5, 5.41) is 0. The lowest BCUT2D eigenvalue weighted by Gasteiger charge is -2.02. The Balaban J connectivity index is 1.60. The van der Waals surface area contributed by atoms with Crippen molar-refractivity contribution in [3.8, 4) is 5.75 Å². The number of nitrogens with one attached hydrogen (secondary N) is 1. The molecule has 3 rings (SSSR count). The molecule has 0 atom stereocenters. The second-order valence-corrected chi connectivity index (χ2v) is 4.49. The van der Waals surface area contributed by atoms with E-state index in [4.69, 9.17) is 4.74 Å². The maximum Gasteiger partial charge on any atom is 0.311 e. The lowest BCUT2D eigenvalue weighted by atomic mass is 10.3. The number of hydrogen-bond acceptors (Lipinski definition) is 3. The molecule has 20 heavy (non-hydrogen) atoms. The van der Waals surface area contributed by atoms with E-state index >= 15 is 0 Å². The van der Waals surface area contributed by atoms with Crippen LogP contribution in [-0.2, 0) is 11.2 Å². The van der Waals surface area contributed by atoms with E-state index in [0.717, 1.165) is 16.9 Å². The molecule has 0 aliphatic heterocycles. The first-order chi connectivity index (χ1) is 9.81. The zero-order valence-corrected chi connectivity index (χ0v) is 10.9. The summed E-state index contributed by atoms with van der Waals surface area (Å²) in [6, 6.07) is 16.9. The van der Waals surface area contributed by atoms with Crippen molar-refractivity contribution in [2.24, 2.45) is 0 Å². The molecular formula is C16H14N2O2. The van der Waals surface area contributed by atoms with Crippen LogP contribution < -0.4 is 4.74 Å². The number of imidazole rings is 1. The first-order valence-corrected chi connectivity index (χ1v) is 6.50. The minimum absolute atomic E-state index is 0.253. The van der Waals surface area contributed by atoms with Crippen molar-refractivity contribution in [3.63, 3.8) is 0 Å². The number of carbonyl (C=O) groups excluding carboxylic acids is 1. The van der Waals surface area contributed by atoms with Crippen molar-refractivity contribution in [2.75, 3.05) is 0 Å². The molecule has 0 saturated heterocycles. The Hall–Kier alpha value is -2.62. The molecular weight excluding hydrogens is 252 g/mol. The molecule has 4 nitrogen and oxygen atoms in total. The number of esters is 1. The Labute approximate surface area is 116 Å². The highest BCUT2D eigenvalue weighted by atomic mass is 16.5. The van der Waals surface area contributed by atoms with Gasteiger partial charge in [-0.2, -0.15) is 0 Å². The van der Waals surface area contributed by atoms with Crippen LogP contribution in [0.15, 0.2) is 54.6 Å². The van der Waals surface area contributed by atoms with Gasteiger partial charge in [0.2, 0.25) is 0 Å². The van der Waals surface area contributed by atoms with Gasteiger partial charge in [-0.05, 0) is 24.3 Å².